The summed E-state index contributed by atoms with van der Waals surface area (Å²) >= 11 is 0. The summed E-state index contributed by atoms with van der Waals surface area (Å²) in [7, 11) is 3.67. The Labute approximate surface area is 204 Å². The molecular formula is C26H30N6O3. The molecule has 0 aliphatic carbocycles. The van der Waals surface area contributed by atoms with E-state index in [9.17, 15) is 4.79 Å². The highest BCUT2D eigenvalue weighted by Gasteiger charge is 2.35. The van der Waals surface area contributed by atoms with Crippen LogP contribution in [-0.4, -0.2) is 71.1 Å². The van der Waals surface area contributed by atoms with Crippen LogP contribution in [0, 0.1) is 0 Å². The van der Waals surface area contributed by atoms with Crippen LogP contribution in [0.5, 0.6) is 0 Å². The van der Waals surface area contributed by atoms with Crippen molar-refractivity contribution < 1.29 is 14.2 Å². The molecule has 35 heavy (non-hydrogen) atoms. The average molecular weight is 475 g/mol. The highest BCUT2D eigenvalue weighted by atomic mass is 16.6. The number of amides is 1. The number of carbonyl (C=O) groups excluding carboxylic acids is 1. The third-order valence-electron chi connectivity index (χ3n) is 6.49. The summed E-state index contributed by atoms with van der Waals surface area (Å²) < 4.78 is 5.57. The zero-order valence-electron chi connectivity index (χ0n) is 20.1. The summed E-state index contributed by atoms with van der Waals surface area (Å²) in [5.74, 6) is 0.929. The first-order valence-corrected chi connectivity index (χ1v) is 11.8. The number of hydrogen-bond acceptors (Lipinski definition) is 8. The minimum absolute atomic E-state index is 0.132. The van der Waals surface area contributed by atoms with Crippen LogP contribution in [0.3, 0.4) is 0 Å². The zero-order valence-corrected chi connectivity index (χ0v) is 20.1. The Hall–Kier alpha value is -3.53. The number of benzene rings is 2. The Balaban J connectivity index is 1.33. The first-order valence-electron chi connectivity index (χ1n) is 11.8. The van der Waals surface area contributed by atoms with Crippen molar-refractivity contribution in [3.63, 3.8) is 0 Å². The molecule has 2 aliphatic rings. The summed E-state index contributed by atoms with van der Waals surface area (Å²) in [6, 6.07) is 17.4. The zero-order chi connectivity index (χ0) is 24.2. The Bertz CT molecular complexity index is 1170. The highest BCUT2D eigenvalue weighted by Crippen LogP contribution is 2.33. The predicted octanol–water partition coefficient (Wildman–Crippen LogP) is 3.06. The lowest BCUT2D eigenvalue weighted by molar-refractivity contribution is 0.0777. The second kappa shape index (κ2) is 10.4. The van der Waals surface area contributed by atoms with E-state index in [2.05, 4.69) is 44.6 Å². The van der Waals surface area contributed by atoms with E-state index >= 15 is 0 Å². The molecule has 1 N–H and O–H groups in total. The molecule has 0 saturated carbocycles. The maximum atomic E-state index is 13.5. The molecule has 1 saturated heterocycles. The van der Waals surface area contributed by atoms with Gasteiger partial charge in [0.15, 0.2) is 5.82 Å². The normalized spacial score (nSPS) is 19.1. The molecule has 1 aromatic heterocycles. The van der Waals surface area contributed by atoms with Crippen molar-refractivity contribution in [3.8, 4) is 11.1 Å². The lowest BCUT2D eigenvalue weighted by Crippen LogP contribution is -2.43. The van der Waals surface area contributed by atoms with E-state index in [0.717, 1.165) is 43.0 Å². The number of rotatable bonds is 7. The van der Waals surface area contributed by atoms with Gasteiger partial charge in [-0.25, -0.2) is 0 Å². The van der Waals surface area contributed by atoms with Crippen molar-refractivity contribution in [2.24, 2.45) is 0 Å². The molecule has 3 aromatic rings. The fourth-order valence-corrected chi connectivity index (χ4v) is 4.48. The van der Waals surface area contributed by atoms with E-state index in [-0.39, 0.29) is 11.9 Å². The van der Waals surface area contributed by atoms with Gasteiger partial charge in [0, 0.05) is 44.4 Å². The molecule has 2 aromatic carbocycles. The monoisotopic (exact) mass is 474 g/mol. The minimum Gasteiger partial charge on any atom is -0.338 e. The molecule has 5 rings (SSSR count). The molecule has 3 heterocycles. The number of piperazine rings is 1. The van der Waals surface area contributed by atoms with Gasteiger partial charge < -0.3 is 14.3 Å². The van der Waals surface area contributed by atoms with E-state index < -0.39 is 0 Å². The molecule has 182 valence electrons. The third kappa shape index (κ3) is 5.27. The van der Waals surface area contributed by atoms with Crippen LogP contribution in [0.1, 0.15) is 34.5 Å². The predicted molar refractivity (Wildman–Crippen MR) is 131 cm³/mol. The highest BCUT2D eigenvalue weighted by molar-refractivity contribution is 5.96. The van der Waals surface area contributed by atoms with Crippen molar-refractivity contribution >= 4 is 5.91 Å². The number of nitrogens with zero attached hydrogens (tertiary/aromatic N) is 5. The molecule has 1 unspecified atom stereocenters. The largest absolute Gasteiger partial charge is 0.338 e. The van der Waals surface area contributed by atoms with Crippen molar-refractivity contribution in [3.05, 3.63) is 83.8 Å². The fourth-order valence-electron chi connectivity index (χ4n) is 4.48. The van der Waals surface area contributed by atoms with E-state index in [4.69, 9.17) is 9.36 Å². The van der Waals surface area contributed by atoms with Crippen molar-refractivity contribution in [1.29, 1.82) is 0 Å². The Morgan fingerprint density at radius 1 is 1.06 bits per heavy atom. The SMILES string of the molecule is CONC1=CN(C(=O)c2ccc(-c3ccccc3)cc2)C(c2noc(CN3CCN(C)CC3)n2)C1. The second-order valence-electron chi connectivity index (χ2n) is 8.96. The van der Waals surface area contributed by atoms with Gasteiger partial charge in [-0.1, -0.05) is 47.6 Å². The molecule has 0 radical (unpaired) electrons. The van der Waals surface area contributed by atoms with Crippen LogP contribution < -0.4 is 5.48 Å². The average Bonchev–Trinajstić information content (AvgIpc) is 3.53. The van der Waals surface area contributed by atoms with E-state index in [1.165, 1.54) is 0 Å². The Morgan fingerprint density at radius 2 is 1.77 bits per heavy atom. The summed E-state index contributed by atoms with van der Waals surface area (Å²) in [5, 5.41) is 4.23. The maximum Gasteiger partial charge on any atom is 0.258 e. The van der Waals surface area contributed by atoms with Gasteiger partial charge in [-0.15, -0.1) is 0 Å². The minimum atomic E-state index is -0.376. The molecule has 0 spiro atoms. The summed E-state index contributed by atoms with van der Waals surface area (Å²) in [6.07, 6.45) is 2.27. The first kappa shape index (κ1) is 23.2. The molecule has 2 aliphatic heterocycles. The summed E-state index contributed by atoms with van der Waals surface area (Å²) in [6.45, 7) is 4.57. The Kier molecular flexibility index (Phi) is 6.89. The van der Waals surface area contributed by atoms with Crippen molar-refractivity contribution in [2.45, 2.75) is 19.0 Å². The molecule has 1 amide bonds. The third-order valence-corrected chi connectivity index (χ3v) is 6.49. The number of hydrogen-bond donors (Lipinski definition) is 1. The topological polar surface area (TPSA) is 87.0 Å². The standard InChI is InChI=1S/C26H30N6O3/c1-30-12-14-31(15-13-30)18-24-27-25(29-35-24)23-16-22(28-34-2)17-32(23)26(33)21-10-8-20(9-11-21)19-6-4-3-5-7-19/h3-11,17,23,28H,12-16,18H2,1-2H3. The van der Waals surface area contributed by atoms with Crippen molar-refractivity contribution in [1.82, 2.24) is 30.3 Å². The number of likely N-dealkylation sites (N-methyl/N-ethyl adjacent to an activating group) is 1. The van der Waals surface area contributed by atoms with E-state index in [0.29, 0.717) is 30.2 Å². The van der Waals surface area contributed by atoms with Crippen LogP contribution in [0.4, 0.5) is 0 Å². The number of aromatic nitrogens is 2. The smallest absolute Gasteiger partial charge is 0.258 e. The van der Waals surface area contributed by atoms with Gasteiger partial charge in [-0.3, -0.25) is 20.0 Å². The lowest BCUT2D eigenvalue weighted by atomic mass is 10.0. The summed E-state index contributed by atoms with van der Waals surface area (Å²) in [4.78, 5) is 29.5. The van der Waals surface area contributed by atoms with E-state index in [1.54, 1.807) is 18.2 Å². The number of carbonyl (C=O) groups is 1. The quantitative estimate of drug-likeness (QED) is 0.523. The molecule has 1 atom stereocenters. The van der Waals surface area contributed by atoms with Gasteiger partial charge in [-0.2, -0.15) is 4.98 Å². The van der Waals surface area contributed by atoms with Crippen LogP contribution in [0.15, 0.2) is 71.0 Å². The van der Waals surface area contributed by atoms with Gasteiger partial charge in [0.2, 0.25) is 5.89 Å². The Morgan fingerprint density at radius 3 is 2.49 bits per heavy atom. The summed E-state index contributed by atoms with van der Waals surface area (Å²) in [5.41, 5.74) is 6.39. The fraction of sp³-hybridized carbons (Fsp3) is 0.346. The molecular weight excluding hydrogens is 444 g/mol. The van der Waals surface area contributed by atoms with Crippen LogP contribution >= 0.6 is 0 Å². The number of nitrogens with one attached hydrogen (secondary N) is 1. The van der Waals surface area contributed by atoms with Gasteiger partial charge in [0.05, 0.1) is 19.4 Å². The number of hydroxylamine groups is 1. The molecule has 1 fully saturated rings. The first-order chi connectivity index (χ1) is 17.1. The van der Waals surface area contributed by atoms with Crippen LogP contribution in [0.2, 0.25) is 0 Å². The van der Waals surface area contributed by atoms with Crippen LogP contribution in [-0.2, 0) is 11.4 Å². The lowest BCUT2D eigenvalue weighted by Gasteiger charge is -2.31. The molecule has 0 bridgehead atoms. The van der Waals surface area contributed by atoms with Gasteiger partial charge in [0.1, 0.15) is 6.04 Å². The maximum absolute atomic E-state index is 13.5. The van der Waals surface area contributed by atoms with Gasteiger partial charge in [0.25, 0.3) is 5.91 Å². The van der Waals surface area contributed by atoms with E-state index in [1.807, 2.05) is 42.5 Å². The molecule has 9 heteroatoms. The van der Waals surface area contributed by atoms with Gasteiger partial charge >= 0.3 is 0 Å². The molecule has 9 nitrogen and oxygen atoms in total. The van der Waals surface area contributed by atoms with Crippen molar-refractivity contribution in [2.75, 3.05) is 40.3 Å². The van der Waals surface area contributed by atoms with Gasteiger partial charge in [-0.05, 0) is 30.3 Å². The van der Waals surface area contributed by atoms with Crippen LogP contribution in [0.25, 0.3) is 11.1 Å². The second-order valence-corrected chi connectivity index (χ2v) is 8.96.